The van der Waals surface area contributed by atoms with Gasteiger partial charge >= 0.3 is 5.97 Å². The molecule has 0 saturated carbocycles. The van der Waals surface area contributed by atoms with Crippen LogP contribution in [0, 0.1) is 11.6 Å². The van der Waals surface area contributed by atoms with E-state index in [1.165, 1.54) is 7.11 Å². The topological polar surface area (TPSA) is 79.9 Å². The average molecular weight is 558 g/mol. The average Bonchev–Trinajstić information content (AvgIpc) is 3.65. The molecule has 3 aliphatic rings. The molecule has 206 valence electrons. The monoisotopic (exact) mass is 557 g/mol. The summed E-state index contributed by atoms with van der Waals surface area (Å²) in [6, 6.07) is 9.45. The molecular formula is C29H30ClF2N3O4. The number of rotatable bonds is 10. The van der Waals surface area contributed by atoms with Gasteiger partial charge in [0, 0.05) is 29.9 Å². The lowest BCUT2D eigenvalue weighted by molar-refractivity contribution is -0.138. The van der Waals surface area contributed by atoms with E-state index in [2.05, 4.69) is 15.5 Å². The van der Waals surface area contributed by atoms with Crippen LogP contribution in [0.2, 0.25) is 5.02 Å². The SMILES string of the molecule is COC(=O)C1=C(C(=O)NCCN2CCCC2)C2C=CC1(C(Cc1ccc(Cl)cc1)Nc1cc(F)cc(F)c1)O2. The lowest BCUT2D eigenvalue weighted by Gasteiger charge is -2.36. The summed E-state index contributed by atoms with van der Waals surface area (Å²) >= 11 is 6.07. The Kier molecular flexibility index (Phi) is 8.02. The van der Waals surface area contributed by atoms with E-state index in [1.54, 1.807) is 24.3 Å². The van der Waals surface area contributed by atoms with Gasteiger partial charge in [-0.15, -0.1) is 0 Å². The van der Waals surface area contributed by atoms with Crippen LogP contribution in [-0.2, 0) is 25.5 Å². The fourth-order valence-corrected chi connectivity index (χ4v) is 5.72. The summed E-state index contributed by atoms with van der Waals surface area (Å²) < 4.78 is 39.7. The molecule has 10 heteroatoms. The van der Waals surface area contributed by atoms with Gasteiger partial charge in [0.15, 0.2) is 0 Å². The first-order chi connectivity index (χ1) is 18.8. The van der Waals surface area contributed by atoms with Crippen LogP contribution in [0.4, 0.5) is 14.5 Å². The predicted octanol–water partition coefficient (Wildman–Crippen LogP) is 4.03. The van der Waals surface area contributed by atoms with Crippen molar-refractivity contribution in [3.05, 3.63) is 88.0 Å². The van der Waals surface area contributed by atoms with Crippen molar-refractivity contribution in [2.45, 2.75) is 37.0 Å². The molecule has 3 unspecified atom stereocenters. The number of benzene rings is 2. The highest BCUT2D eigenvalue weighted by Gasteiger charge is 2.58. The summed E-state index contributed by atoms with van der Waals surface area (Å²) in [5.41, 5.74) is -0.189. The summed E-state index contributed by atoms with van der Waals surface area (Å²) in [6.07, 6.45) is 5.23. The van der Waals surface area contributed by atoms with Gasteiger partial charge in [0.2, 0.25) is 0 Å². The molecule has 1 amide bonds. The molecular weight excluding hydrogens is 528 g/mol. The van der Waals surface area contributed by atoms with Crippen molar-refractivity contribution in [3.63, 3.8) is 0 Å². The molecule has 2 N–H and O–H groups in total. The molecule has 7 nitrogen and oxygen atoms in total. The summed E-state index contributed by atoms with van der Waals surface area (Å²) in [7, 11) is 1.24. The van der Waals surface area contributed by atoms with Crippen molar-refractivity contribution >= 4 is 29.2 Å². The number of hydrogen-bond donors (Lipinski definition) is 2. The summed E-state index contributed by atoms with van der Waals surface area (Å²) in [5.74, 6) is -2.63. The number of nitrogens with zero attached hydrogens (tertiary/aromatic N) is 1. The van der Waals surface area contributed by atoms with Gasteiger partial charge in [-0.2, -0.15) is 0 Å². The van der Waals surface area contributed by atoms with Gasteiger partial charge < -0.3 is 25.0 Å². The maximum Gasteiger partial charge on any atom is 0.337 e. The Bertz CT molecular complexity index is 1290. The van der Waals surface area contributed by atoms with E-state index >= 15 is 0 Å². The van der Waals surface area contributed by atoms with Gasteiger partial charge in [-0.25, -0.2) is 13.6 Å². The molecule has 1 fully saturated rings. The van der Waals surface area contributed by atoms with Gasteiger partial charge in [0.05, 0.1) is 24.3 Å². The number of ether oxygens (including phenoxy) is 2. The van der Waals surface area contributed by atoms with Gasteiger partial charge in [-0.1, -0.05) is 29.8 Å². The number of likely N-dealkylation sites (tertiary alicyclic amines) is 1. The number of carbonyl (C=O) groups excluding carboxylic acids is 2. The van der Waals surface area contributed by atoms with Gasteiger partial charge in [0.1, 0.15) is 23.3 Å². The third kappa shape index (κ3) is 5.71. The minimum Gasteiger partial charge on any atom is -0.466 e. The molecule has 3 aliphatic heterocycles. The Morgan fingerprint density at radius 2 is 1.85 bits per heavy atom. The van der Waals surface area contributed by atoms with Crippen LogP contribution in [-0.4, -0.2) is 67.8 Å². The van der Waals surface area contributed by atoms with Crippen LogP contribution in [0.25, 0.3) is 0 Å². The third-order valence-electron chi connectivity index (χ3n) is 7.41. The van der Waals surface area contributed by atoms with E-state index < -0.39 is 41.3 Å². The first-order valence-electron chi connectivity index (χ1n) is 13.0. The lowest BCUT2D eigenvalue weighted by Crippen LogP contribution is -2.49. The molecule has 2 aromatic rings. The Labute approximate surface area is 230 Å². The molecule has 3 heterocycles. The molecule has 0 spiro atoms. The number of nitrogens with one attached hydrogen (secondary N) is 2. The largest absolute Gasteiger partial charge is 0.466 e. The Balaban J connectivity index is 1.49. The number of halogens is 3. The lowest BCUT2D eigenvalue weighted by atomic mass is 9.78. The fraction of sp³-hybridized carbons (Fsp3) is 0.379. The number of amides is 1. The van der Waals surface area contributed by atoms with Gasteiger partial charge in [-0.3, -0.25) is 4.79 Å². The van der Waals surface area contributed by atoms with E-state index in [1.807, 2.05) is 12.1 Å². The second-order valence-corrected chi connectivity index (χ2v) is 10.4. The standard InChI is InChI=1S/C29H30ClF2N3O4/c1-38-28(37)26-25(27(36)33-10-13-35-11-2-3-12-35)23-8-9-29(26,39-23)24(14-18-4-6-19(30)7-5-18)34-22-16-20(31)15-21(32)17-22/h4-9,15-17,23-24,34H,2-3,10-14H2,1H3,(H,33,36). The molecule has 0 aromatic heterocycles. The molecule has 1 saturated heterocycles. The Hall–Kier alpha value is -3.27. The highest BCUT2D eigenvalue weighted by molar-refractivity contribution is 6.30. The van der Waals surface area contributed by atoms with Crippen LogP contribution in [0.15, 0.2) is 65.8 Å². The zero-order valence-corrected chi connectivity index (χ0v) is 22.3. The zero-order chi connectivity index (χ0) is 27.6. The number of carbonyl (C=O) groups is 2. The third-order valence-corrected chi connectivity index (χ3v) is 7.66. The molecule has 5 rings (SSSR count). The summed E-state index contributed by atoms with van der Waals surface area (Å²) in [4.78, 5) is 28.9. The first-order valence-corrected chi connectivity index (χ1v) is 13.3. The maximum absolute atomic E-state index is 14.1. The van der Waals surface area contributed by atoms with Crippen LogP contribution in [0.3, 0.4) is 0 Å². The second kappa shape index (κ2) is 11.5. The number of methoxy groups -OCH3 is 1. The maximum atomic E-state index is 14.1. The summed E-state index contributed by atoms with van der Waals surface area (Å²) in [5, 5.41) is 6.64. The second-order valence-electron chi connectivity index (χ2n) is 9.96. The number of hydrogen-bond acceptors (Lipinski definition) is 6. The van der Waals surface area contributed by atoms with Gasteiger partial charge in [-0.05, 0) is 68.3 Å². The van der Waals surface area contributed by atoms with Crippen molar-refractivity contribution in [1.82, 2.24) is 10.2 Å². The highest BCUT2D eigenvalue weighted by Crippen LogP contribution is 2.47. The number of esters is 1. The van der Waals surface area contributed by atoms with Crippen molar-refractivity contribution in [1.29, 1.82) is 0 Å². The van der Waals surface area contributed by atoms with Crippen molar-refractivity contribution in [3.8, 4) is 0 Å². The quantitative estimate of drug-likeness (QED) is 0.339. The van der Waals surface area contributed by atoms with Crippen molar-refractivity contribution < 1.29 is 27.8 Å². The van der Waals surface area contributed by atoms with E-state index in [9.17, 15) is 18.4 Å². The Morgan fingerprint density at radius 3 is 2.51 bits per heavy atom. The van der Waals surface area contributed by atoms with E-state index in [4.69, 9.17) is 21.1 Å². The van der Waals surface area contributed by atoms with Crippen molar-refractivity contribution in [2.24, 2.45) is 0 Å². The smallest absolute Gasteiger partial charge is 0.337 e. The molecule has 2 bridgehead atoms. The minimum atomic E-state index is -1.43. The van der Waals surface area contributed by atoms with Crippen LogP contribution in [0.5, 0.6) is 0 Å². The first kappa shape index (κ1) is 27.3. The zero-order valence-electron chi connectivity index (χ0n) is 21.5. The Morgan fingerprint density at radius 1 is 1.15 bits per heavy atom. The van der Waals surface area contributed by atoms with E-state index in [0.29, 0.717) is 18.1 Å². The highest BCUT2D eigenvalue weighted by atomic mass is 35.5. The van der Waals surface area contributed by atoms with E-state index in [0.717, 1.165) is 49.7 Å². The van der Waals surface area contributed by atoms with Crippen molar-refractivity contribution in [2.75, 3.05) is 38.6 Å². The molecule has 0 aliphatic carbocycles. The van der Waals surface area contributed by atoms with Crippen LogP contribution >= 0.6 is 11.6 Å². The summed E-state index contributed by atoms with van der Waals surface area (Å²) in [6.45, 7) is 3.14. The van der Waals surface area contributed by atoms with Crippen LogP contribution < -0.4 is 10.6 Å². The molecule has 3 atom stereocenters. The molecule has 39 heavy (non-hydrogen) atoms. The molecule has 0 radical (unpaired) electrons. The van der Waals surface area contributed by atoms with Crippen LogP contribution in [0.1, 0.15) is 18.4 Å². The van der Waals surface area contributed by atoms with E-state index in [-0.39, 0.29) is 23.3 Å². The van der Waals surface area contributed by atoms with Gasteiger partial charge in [0.25, 0.3) is 5.91 Å². The minimum absolute atomic E-state index is 0.0690. The number of fused-ring (bicyclic) bond motifs is 2. The normalized spacial score (nSPS) is 22.8. The number of anilines is 1. The molecule has 2 aromatic carbocycles. The predicted molar refractivity (Wildman–Crippen MR) is 143 cm³/mol. The fourth-order valence-electron chi connectivity index (χ4n) is 5.59.